The topological polar surface area (TPSA) is 69.6 Å². The number of hydrogen-bond donors (Lipinski definition) is 1. The fourth-order valence-corrected chi connectivity index (χ4v) is 2.33. The monoisotopic (exact) mass is 195 g/mol. The first-order valence-corrected chi connectivity index (χ1v) is 5.22. The van der Waals surface area contributed by atoms with Crippen LogP contribution in [0.5, 0.6) is 0 Å². The van der Waals surface area contributed by atoms with E-state index in [1.54, 1.807) is 7.05 Å². The summed E-state index contributed by atoms with van der Waals surface area (Å²) in [5.74, 6) is 2.20. The van der Waals surface area contributed by atoms with Gasteiger partial charge in [-0.25, -0.2) is 0 Å². The first-order valence-electron chi connectivity index (χ1n) is 5.22. The number of aryl methyl sites for hydroxylation is 1. The summed E-state index contributed by atoms with van der Waals surface area (Å²) in [5, 5.41) is 12.0. The highest BCUT2D eigenvalue weighted by Crippen LogP contribution is 2.32. The Morgan fingerprint density at radius 3 is 2.86 bits per heavy atom. The van der Waals surface area contributed by atoms with Crippen LogP contribution in [0.4, 0.5) is 0 Å². The van der Waals surface area contributed by atoms with E-state index in [0.717, 1.165) is 18.8 Å². The SMILES string of the molecule is Cn1nnc(CC2CCCC2CN)n1. The van der Waals surface area contributed by atoms with E-state index in [1.165, 1.54) is 24.1 Å². The Hall–Kier alpha value is -0.970. The molecule has 1 aliphatic carbocycles. The molecule has 1 aromatic rings. The normalized spacial score (nSPS) is 27.0. The molecule has 2 N–H and O–H groups in total. The zero-order valence-corrected chi connectivity index (χ0v) is 8.56. The van der Waals surface area contributed by atoms with Crippen molar-refractivity contribution in [2.45, 2.75) is 25.7 Å². The van der Waals surface area contributed by atoms with E-state index in [-0.39, 0.29) is 0 Å². The molecule has 1 aromatic heterocycles. The summed E-state index contributed by atoms with van der Waals surface area (Å²) in [6.07, 6.45) is 4.77. The molecule has 0 aromatic carbocycles. The van der Waals surface area contributed by atoms with Gasteiger partial charge in [0.05, 0.1) is 7.05 Å². The quantitative estimate of drug-likeness (QED) is 0.744. The van der Waals surface area contributed by atoms with Gasteiger partial charge < -0.3 is 5.73 Å². The van der Waals surface area contributed by atoms with Crippen LogP contribution in [0.3, 0.4) is 0 Å². The summed E-state index contributed by atoms with van der Waals surface area (Å²) in [6, 6.07) is 0. The van der Waals surface area contributed by atoms with Crippen LogP contribution in [0, 0.1) is 11.8 Å². The number of nitrogens with two attached hydrogens (primary N) is 1. The van der Waals surface area contributed by atoms with Gasteiger partial charge in [0.2, 0.25) is 0 Å². The van der Waals surface area contributed by atoms with Crippen LogP contribution in [0.1, 0.15) is 25.1 Å². The maximum atomic E-state index is 5.72. The highest BCUT2D eigenvalue weighted by Gasteiger charge is 2.27. The third-order valence-corrected chi connectivity index (χ3v) is 3.11. The van der Waals surface area contributed by atoms with Gasteiger partial charge in [-0.1, -0.05) is 6.42 Å². The summed E-state index contributed by atoms with van der Waals surface area (Å²) in [7, 11) is 1.80. The average Bonchev–Trinajstić information content (AvgIpc) is 2.76. The molecule has 1 aliphatic rings. The van der Waals surface area contributed by atoms with Crippen LogP contribution < -0.4 is 5.73 Å². The summed E-state index contributed by atoms with van der Waals surface area (Å²) in [5.41, 5.74) is 5.72. The molecular weight excluding hydrogens is 178 g/mol. The number of aromatic nitrogens is 4. The molecule has 1 heterocycles. The zero-order chi connectivity index (χ0) is 9.97. The molecular formula is C9H17N5. The Bertz CT molecular complexity index is 295. The second-order valence-corrected chi connectivity index (χ2v) is 4.09. The molecule has 1 fully saturated rings. The fraction of sp³-hybridized carbons (Fsp3) is 0.889. The van der Waals surface area contributed by atoms with Gasteiger partial charge in [0.25, 0.3) is 0 Å². The van der Waals surface area contributed by atoms with Crippen LogP contribution >= 0.6 is 0 Å². The third-order valence-electron chi connectivity index (χ3n) is 3.11. The van der Waals surface area contributed by atoms with E-state index in [1.807, 2.05) is 0 Å². The van der Waals surface area contributed by atoms with Crippen molar-refractivity contribution in [3.05, 3.63) is 5.82 Å². The molecule has 0 radical (unpaired) electrons. The molecule has 1 saturated carbocycles. The van der Waals surface area contributed by atoms with Gasteiger partial charge in [0.1, 0.15) is 0 Å². The Labute approximate surface area is 83.7 Å². The number of nitrogens with zero attached hydrogens (tertiary/aromatic N) is 4. The van der Waals surface area contributed by atoms with Crippen molar-refractivity contribution in [3.63, 3.8) is 0 Å². The third kappa shape index (κ3) is 1.92. The zero-order valence-electron chi connectivity index (χ0n) is 8.56. The van der Waals surface area contributed by atoms with Gasteiger partial charge >= 0.3 is 0 Å². The molecule has 2 rings (SSSR count). The Morgan fingerprint density at radius 1 is 1.43 bits per heavy atom. The van der Waals surface area contributed by atoms with E-state index in [0.29, 0.717) is 11.8 Å². The van der Waals surface area contributed by atoms with Gasteiger partial charge in [0, 0.05) is 6.42 Å². The molecule has 0 amide bonds. The molecule has 14 heavy (non-hydrogen) atoms. The fourth-order valence-electron chi connectivity index (χ4n) is 2.33. The molecule has 2 unspecified atom stereocenters. The Kier molecular flexibility index (Phi) is 2.77. The van der Waals surface area contributed by atoms with Crippen LogP contribution in [0.15, 0.2) is 0 Å². The van der Waals surface area contributed by atoms with Crippen LogP contribution in [0.2, 0.25) is 0 Å². The first kappa shape index (κ1) is 9.58. The smallest absolute Gasteiger partial charge is 0.175 e. The minimum atomic E-state index is 0.666. The number of hydrogen-bond acceptors (Lipinski definition) is 4. The summed E-state index contributed by atoms with van der Waals surface area (Å²) < 4.78 is 0. The molecule has 0 saturated heterocycles. The van der Waals surface area contributed by atoms with Crippen molar-refractivity contribution in [1.29, 1.82) is 0 Å². The maximum absolute atomic E-state index is 5.72. The molecule has 5 heteroatoms. The van der Waals surface area contributed by atoms with Crippen LogP contribution in [-0.2, 0) is 13.5 Å². The minimum absolute atomic E-state index is 0.666. The number of tetrazole rings is 1. The van der Waals surface area contributed by atoms with Crippen molar-refractivity contribution in [2.75, 3.05) is 6.54 Å². The predicted octanol–water partition coefficient (Wildman–Crippen LogP) is 0.128. The van der Waals surface area contributed by atoms with Crippen molar-refractivity contribution in [3.8, 4) is 0 Å². The highest BCUT2D eigenvalue weighted by atomic mass is 15.6. The lowest BCUT2D eigenvalue weighted by atomic mass is 9.93. The maximum Gasteiger partial charge on any atom is 0.175 e. The highest BCUT2D eigenvalue weighted by molar-refractivity contribution is 4.87. The minimum Gasteiger partial charge on any atom is -0.330 e. The van der Waals surface area contributed by atoms with Crippen molar-refractivity contribution in [2.24, 2.45) is 24.6 Å². The molecule has 0 aliphatic heterocycles. The second kappa shape index (κ2) is 4.04. The van der Waals surface area contributed by atoms with Gasteiger partial charge in [-0.3, -0.25) is 0 Å². The standard InChI is InChI=1S/C9H17N5/c1-14-12-9(11-13-14)5-7-3-2-4-8(7)6-10/h7-8H,2-6,10H2,1H3. The lowest BCUT2D eigenvalue weighted by Gasteiger charge is -2.15. The van der Waals surface area contributed by atoms with Crippen LogP contribution in [0.25, 0.3) is 0 Å². The van der Waals surface area contributed by atoms with E-state index in [4.69, 9.17) is 5.73 Å². The second-order valence-electron chi connectivity index (χ2n) is 4.09. The molecule has 5 nitrogen and oxygen atoms in total. The lowest BCUT2D eigenvalue weighted by Crippen LogP contribution is -2.20. The van der Waals surface area contributed by atoms with Gasteiger partial charge in [-0.2, -0.15) is 4.80 Å². The first-order chi connectivity index (χ1) is 6.79. The summed E-state index contributed by atoms with van der Waals surface area (Å²) >= 11 is 0. The molecule has 0 bridgehead atoms. The van der Waals surface area contributed by atoms with E-state index >= 15 is 0 Å². The predicted molar refractivity (Wildman–Crippen MR) is 52.4 cm³/mol. The van der Waals surface area contributed by atoms with Crippen molar-refractivity contribution >= 4 is 0 Å². The molecule has 78 valence electrons. The van der Waals surface area contributed by atoms with E-state index in [9.17, 15) is 0 Å². The largest absolute Gasteiger partial charge is 0.330 e. The molecule has 0 spiro atoms. The van der Waals surface area contributed by atoms with Crippen molar-refractivity contribution < 1.29 is 0 Å². The van der Waals surface area contributed by atoms with Gasteiger partial charge in [-0.05, 0) is 36.4 Å². The number of rotatable bonds is 3. The van der Waals surface area contributed by atoms with E-state index < -0.39 is 0 Å². The van der Waals surface area contributed by atoms with Crippen LogP contribution in [-0.4, -0.2) is 26.8 Å². The lowest BCUT2D eigenvalue weighted by molar-refractivity contribution is 0.387. The van der Waals surface area contributed by atoms with Gasteiger partial charge in [-0.15, -0.1) is 10.2 Å². The average molecular weight is 195 g/mol. The molecule has 2 atom stereocenters. The Morgan fingerprint density at radius 2 is 2.21 bits per heavy atom. The van der Waals surface area contributed by atoms with Crippen molar-refractivity contribution in [1.82, 2.24) is 20.2 Å². The van der Waals surface area contributed by atoms with E-state index in [2.05, 4.69) is 15.4 Å². The van der Waals surface area contributed by atoms with Gasteiger partial charge in [0.15, 0.2) is 5.82 Å². The summed E-state index contributed by atoms with van der Waals surface area (Å²) in [4.78, 5) is 1.52. The summed E-state index contributed by atoms with van der Waals surface area (Å²) in [6.45, 7) is 0.797. The Balaban J connectivity index is 1.96.